The molecule has 1 rings (SSSR count). The highest BCUT2D eigenvalue weighted by molar-refractivity contribution is 7.89. The molecule has 0 radical (unpaired) electrons. The topological polar surface area (TPSA) is 127 Å². The zero-order valence-electron chi connectivity index (χ0n) is 10.4. The third-order valence-electron chi connectivity index (χ3n) is 2.47. The molecule has 0 aliphatic heterocycles. The summed E-state index contributed by atoms with van der Waals surface area (Å²) in [5, 5.41) is 0. The Morgan fingerprint density at radius 3 is 2.53 bits per heavy atom. The lowest BCUT2D eigenvalue weighted by Gasteiger charge is -2.10. The molecule has 106 valence electrons. The average molecular weight is 286 g/mol. The van der Waals surface area contributed by atoms with Crippen LogP contribution in [0.2, 0.25) is 0 Å². The van der Waals surface area contributed by atoms with Gasteiger partial charge < -0.3 is 11.2 Å². The van der Waals surface area contributed by atoms with Crippen molar-refractivity contribution in [2.45, 2.75) is 24.2 Å². The molecule has 0 spiro atoms. The second-order valence-electron chi connectivity index (χ2n) is 3.96. The van der Waals surface area contributed by atoms with Gasteiger partial charge in [0.25, 0.3) is 0 Å². The van der Waals surface area contributed by atoms with Gasteiger partial charge in [0.15, 0.2) is 0 Å². The van der Waals surface area contributed by atoms with Crippen molar-refractivity contribution in [3.63, 3.8) is 0 Å². The first-order valence-electron chi connectivity index (χ1n) is 5.81. The van der Waals surface area contributed by atoms with Crippen LogP contribution in [0.3, 0.4) is 0 Å². The molecular weight excluding hydrogens is 268 g/mol. The van der Waals surface area contributed by atoms with Crippen LogP contribution < -0.4 is 21.7 Å². The number of hydrogen-bond donors (Lipinski definition) is 4. The summed E-state index contributed by atoms with van der Waals surface area (Å²) in [7, 11) is -3.61. The first-order chi connectivity index (χ1) is 8.97. The lowest BCUT2D eigenvalue weighted by atomic mass is 10.2. The van der Waals surface area contributed by atoms with E-state index in [-0.39, 0.29) is 23.8 Å². The minimum Gasteiger partial charge on any atom is -0.370 e. The number of para-hydroxylation sites is 1. The van der Waals surface area contributed by atoms with Gasteiger partial charge in [-0.2, -0.15) is 0 Å². The van der Waals surface area contributed by atoms with E-state index in [1.807, 2.05) is 0 Å². The fourth-order valence-corrected chi connectivity index (χ4v) is 2.77. The molecule has 0 bridgehead atoms. The fraction of sp³-hybridized carbons (Fsp3) is 0.364. The first-order valence-corrected chi connectivity index (χ1v) is 7.29. The Hall–Kier alpha value is -1.64. The van der Waals surface area contributed by atoms with E-state index >= 15 is 0 Å². The lowest BCUT2D eigenvalue weighted by Crippen LogP contribution is -2.26. The summed E-state index contributed by atoms with van der Waals surface area (Å²) in [6, 6.07) is 6.33. The molecule has 0 atom stereocenters. The van der Waals surface area contributed by atoms with Gasteiger partial charge in [-0.15, -0.1) is 0 Å². The van der Waals surface area contributed by atoms with E-state index in [2.05, 4.69) is 10.1 Å². The monoisotopic (exact) mass is 286 g/mol. The summed E-state index contributed by atoms with van der Waals surface area (Å²) in [6.07, 6.45) is 1.34. The number of anilines is 1. The van der Waals surface area contributed by atoms with E-state index in [4.69, 9.17) is 11.6 Å². The second kappa shape index (κ2) is 7.07. The number of sulfonamides is 1. The number of nitrogen functional groups attached to an aromatic ring is 1. The van der Waals surface area contributed by atoms with Crippen LogP contribution in [-0.2, 0) is 14.8 Å². The minimum atomic E-state index is -3.61. The van der Waals surface area contributed by atoms with E-state index in [1.165, 1.54) is 6.07 Å². The van der Waals surface area contributed by atoms with Gasteiger partial charge in [-0.25, -0.2) is 13.1 Å². The molecule has 8 heteroatoms. The number of carbonyl (C=O) groups excluding carboxylic acids is 1. The van der Waals surface area contributed by atoms with Crippen molar-refractivity contribution < 1.29 is 13.2 Å². The highest BCUT2D eigenvalue weighted by atomic mass is 32.2. The molecule has 0 saturated carbocycles. The minimum absolute atomic E-state index is 0.0902. The van der Waals surface area contributed by atoms with Gasteiger partial charge in [0, 0.05) is 13.0 Å². The zero-order chi connectivity index (χ0) is 14.3. The SMILES string of the molecule is NNc1ccccc1S(=O)(=O)NCCCCC(N)=O. The summed E-state index contributed by atoms with van der Waals surface area (Å²) in [5.41, 5.74) is 7.65. The quantitative estimate of drug-likeness (QED) is 0.301. The molecule has 0 fully saturated rings. The number of amides is 1. The number of unbranched alkanes of at least 4 members (excludes halogenated alkanes) is 1. The molecule has 1 amide bonds. The van der Waals surface area contributed by atoms with E-state index in [0.717, 1.165) is 0 Å². The number of primary amides is 1. The lowest BCUT2D eigenvalue weighted by molar-refractivity contribution is -0.118. The second-order valence-corrected chi connectivity index (χ2v) is 5.70. The molecular formula is C11H18N4O3S. The third-order valence-corrected chi connectivity index (χ3v) is 3.99. The van der Waals surface area contributed by atoms with Crippen molar-refractivity contribution in [1.29, 1.82) is 0 Å². The van der Waals surface area contributed by atoms with E-state index < -0.39 is 10.0 Å². The van der Waals surface area contributed by atoms with Crippen molar-refractivity contribution in [3.8, 4) is 0 Å². The van der Waals surface area contributed by atoms with Gasteiger partial charge >= 0.3 is 0 Å². The molecule has 0 unspecified atom stereocenters. The molecule has 0 saturated heterocycles. The van der Waals surface area contributed by atoms with Crippen molar-refractivity contribution in [2.24, 2.45) is 11.6 Å². The van der Waals surface area contributed by atoms with Gasteiger partial charge in [0.05, 0.1) is 5.69 Å². The first kappa shape index (κ1) is 15.4. The molecule has 6 N–H and O–H groups in total. The van der Waals surface area contributed by atoms with E-state index in [0.29, 0.717) is 18.5 Å². The fourth-order valence-electron chi connectivity index (χ4n) is 1.53. The Balaban J connectivity index is 2.59. The predicted molar refractivity (Wildman–Crippen MR) is 72.5 cm³/mol. The van der Waals surface area contributed by atoms with Crippen molar-refractivity contribution in [3.05, 3.63) is 24.3 Å². The maximum Gasteiger partial charge on any atom is 0.242 e. The number of hydrogen-bond acceptors (Lipinski definition) is 5. The van der Waals surface area contributed by atoms with Crippen LogP contribution in [-0.4, -0.2) is 20.9 Å². The van der Waals surface area contributed by atoms with Gasteiger partial charge in [-0.05, 0) is 25.0 Å². The van der Waals surface area contributed by atoms with E-state index in [1.54, 1.807) is 18.2 Å². The number of carbonyl (C=O) groups is 1. The van der Waals surface area contributed by atoms with Gasteiger partial charge in [-0.1, -0.05) is 12.1 Å². The van der Waals surface area contributed by atoms with Crippen molar-refractivity contribution >= 4 is 21.6 Å². The predicted octanol–water partition coefficient (Wildman–Crippen LogP) is -0.0939. The standard InChI is InChI=1S/C11H18N4O3S/c12-11(16)7-3-4-8-14-19(17,18)10-6-2-1-5-9(10)15-13/h1-2,5-6,14-15H,3-4,7-8,13H2,(H2,12,16). The molecule has 19 heavy (non-hydrogen) atoms. The smallest absolute Gasteiger partial charge is 0.242 e. The molecule has 0 aliphatic rings. The Bertz CT molecular complexity index is 530. The van der Waals surface area contributed by atoms with Crippen LogP contribution >= 0.6 is 0 Å². The van der Waals surface area contributed by atoms with Crippen LogP contribution in [0.4, 0.5) is 5.69 Å². The van der Waals surface area contributed by atoms with Crippen molar-refractivity contribution in [1.82, 2.24) is 4.72 Å². The number of rotatable bonds is 8. The van der Waals surface area contributed by atoms with Crippen LogP contribution in [0.5, 0.6) is 0 Å². The normalized spacial score (nSPS) is 11.2. The highest BCUT2D eigenvalue weighted by Gasteiger charge is 2.16. The summed E-state index contributed by atoms with van der Waals surface area (Å²) in [5.74, 6) is 4.87. The number of nitrogens with two attached hydrogens (primary N) is 2. The van der Waals surface area contributed by atoms with Crippen molar-refractivity contribution in [2.75, 3.05) is 12.0 Å². The molecule has 0 aromatic heterocycles. The Labute approximate surface area is 112 Å². The van der Waals surface area contributed by atoms with Gasteiger partial charge in [-0.3, -0.25) is 10.6 Å². The molecule has 1 aromatic carbocycles. The summed E-state index contributed by atoms with van der Waals surface area (Å²) < 4.78 is 26.5. The maximum atomic E-state index is 12.0. The molecule has 7 nitrogen and oxygen atoms in total. The maximum absolute atomic E-state index is 12.0. The Morgan fingerprint density at radius 1 is 1.21 bits per heavy atom. The molecule has 0 heterocycles. The third kappa shape index (κ3) is 4.86. The number of nitrogens with one attached hydrogen (secondary N) is 2. The summed E-state index contributed by atoms with van der Waals surface area (Å²) in [4.78, 5) is 10.6. The summed E-state index contributed by atoms with van der Waals surface area (Å²) in [6.45, 7) is 0.245. The summed E-state index contributed by atoms with van der Waals surface area (Å²) >= 11 is 0. The van der Waals surface area contributed by atoms with Crippen LogP contribution in [0.1, 0.15) is 19.3 Å². The Kier molecular flexibility index (Phi) is 5.74. The van der Waals surface area contributed by atoms with Crippen LogP contribution in [0, 0.1) is 0 Å². The van der Waals surface area contributed by atoms with Crippen LogP contribution in [0.15, 0.2) is 29.2 Å². The van der Waals surface area contributed by atoms with E-state index in [9.17, 15) is 13.2 Å². The van der Waals surface area contributed by atoms with Gasteiger partial charge in [0.1, 0.15) is 4.90 Å². The molecule has 0 aliphatic carbocycles. The zero-order valence-corrected chi connectivity index (χ0v) is 11.2. The van der Waals surface area contributed by atoms with Crippen LogP contribution in [0.25, 0.3) is 0 Å². The highest BCUT2D eigenvalue weighted by Crippen LogP contribution is 2.19. The average Bonchev–Trinajstić information content (AvgIpc) is 2.37. The number of benzene rings is 1. The largest absolute Gasteiger partial charge is 0.370 e. The van der Waals surface area contributed by atoms with Gasteiger partial charge in [0.2, 0.25) is 15.9 Å². The molecule has 1 aromatic rings. The number of hydrazine groups is 1. The Morgan fingerprint density at radius 2 is 1.89 bits per heavy atom.